The number of nitrogens with one attached hydrogen (secondary N) is 1. The van der Waals surface area contributed by atoms with Crippen molar-refractivity contribution in [1.29, 1.82) is 5.41 Å². The molecule has 0 radical (unpaired) electrons. The Kier molecular flexibility index (Phi) is 13.1. The van der Waals surface area contributed by atoms with Crippen molar-refractivity contribution >= 4 is 6.34 Å². The van der Waals surface area contributed by atoms with E-state index in [1.54, 1.807) is 0 Å². The Morgan fingerprint density at radius 2 is 1.31 bits per heavy atom. The van der Waals surface area contributed by atoms with E-state index in [0.29, 0.717) is 0 Å². The summed E-state index contributed by atoms with van der Waals surface area (Å²) in [6, 6.07) is 0. The zero-order valence-electron chi connectivity index (χ0n) is 9.80. The molecular weight excluding hydrogens is 162 g/mol. The van der Waals surface area contributed by atoms with Crippen molar-refractivity contribution in [2.45, 2.75) is 27.7 Å². The third kappa shape index (κ3) is 7.78. The molecule has 13 heavy (non-hydrogen) atoms. The van der Waals surface area contributed by atoms with Crippen LogP contribution in [0.4, 0.5) is 0 Å². The fraction of sp³-hybridized carbons (Fsp3) is 0.900. The van der Waals surface area contributed by atoms with Gasteiger partial charge in [0.05, 0.1) is 6.34 Å². The summed E-state index contributed by atoms with van der Waals surface area (Å²) in [6.07, 6.45) is 1.42. The monoisotopic (exact) mass is 187 g/mol. The number of hydrogen-bond acceptors (Lipinski definition) is 2. The van der Waals surface area contributed by atoms with E-state index in [9.17, 15) is 0 Å². The summed E-state index contributed by atoms with van der Waals surface area (Å²) in [6.45, 7) is 12.2. The van der Waals surface area contributed by atoms with Gasteiger partial charge >= 0.3 is 0 Å². The molecule has 80 valence electrons. The third-order valence-electron chi connectivity index (χ3n) is 1.72. The van der Waals surface area contributed by atoms with E-state index in [4.69, 9.17) is 5.41 Å². The molecule has 0 aromatic carbocycles. The van der Waals surface area contributed by atoms with Crippen LogP contribution in [0, 0.1) is 5.41 Å². The van der Waals surface area contributed by atoms with Gasteiger partial charge in [0.1, 0.15) is 0 Å². The molecule has 0 spiro atoms. The molecule has 3 heteroatoms. The molecule has 0 amide bonds. The van der Waals surface area contributed by atoms with Crippen LogP contribution in [0.5, 0.6) is 0 Å². The van der Waals surface area contributed by atoms with Crippen molar-refractivity contribution in [1.82, 2.24) is 9.80 Å². The first-order chi connectivity index (χ1) is 6.33. The van der Waals surface area contributed by atoms with E-state index >= 15 is 0 Å². The lowest BCUT2D eigenvalue weighted by atomic mass is 10.4. The second kappa shape index (κ2) is 11.4. The van der Waals surface area contributed by atoms with Gasteiger partial charge in [-0.05, 0) is 7.05 Å². The second-order valence-electron chi connectivity index (χ2n) is 2.47. The van der Waals surface area contributed by atoms with Crippen molar-refractivity contribution in [3.05, 3.63) is 0 Å². The molecule has 1 aliphatic rings. The van der Waals surface area contributed by atoms with Gasteiger partial charge in [-0.25, -0.2) is 0 Å². The Morgan fingerprint density at radius 1 is 0.923 bits per heavy atom. The van der Waals surface area contributed by atoms with Gasteiger partial charge in [-0.1, -0.05) is 27.7 Å². The smallest absolute Gasteiger partial charge is 0.0818 e. The van der Waals surface area contributed by atoms with Crippen LogP contribution in [-0.4, -0.2) is 49.4 Å². The molecule has 0 saturated carbocycles. The Hall–Kier alpha value is -0.570. The van der Waals surface area contributed by atoms with Crippen LogP contribution in [0.2, 0.25) is 0 Å². The van der Waals surface area contributed by atoms with Crippen molar-refractivity contribution in [3.63, 3.8) is 0 Å². The largest absolute Gasteiger partial charge is 0.361 e. The fourth-order valence-corrected chi connectivity index (χ4v) is 0.951. The molecule has 0 bridgehead atoms. The van der Waals surface area contributed by atoms with E-state index < -0.39 is 0 Å². The third-order valence-corrected chi connectivity index (χ3v) is 1.72. The summed E-state index contributed by atoms with van der Waals surface area (Å²) in [7, 11) is 2.11. The first-order valence-electron chi connectivity index (χ1n) is 5.26. The maximum atomic E-state index is 6.95. The van der Waals surface area contributed by atoms with Gasteiger partial charge in [0.2, 0.25) is 0 Å². The summed E-state index contributed by atoms with van der Waals surface area (Å²) >= 11 is 0. The van der Waals surface area contributed by atoms with E-state index in [1.165, 1.54) is 6.34 Å². The van der Waals surface area contributed by atoms with Gasteiger partial charge in [0.25, 0.3) is 0 Å². The van der Waals surface area contributed by atoms with Gasteiger partial charge in [0.15, 0.2) is 0 Å². The van der Waals surface area contributed by atoms with Crippen LogP contribution in [-0.2, 0) is 0 Å². The maximum Gasteiger partial charge on any atom is 0.0818 e. The van der Waals surface area contributed by atoms with Crippen LogP contribution >= 0.6 is 0 Å². The fourth-order valence-electron chi connectivity index (χ4n) is 0.951. The highest BCUT2D eigenvalue weighted by Crippen LogP contribution is 1.94. The minimum absolute atomic E-state index is 1.01. The van der Waals surface area contributed by atoms with Crippen LogP contribution in [0.3, 0.4) is 0 Å². The SMILES string of the molecule is CC.CC.CN1CCN(C=N)CC1. The minimum atomic E-state index is 1.01. The molecule has 0 aromatic heterocycles. The molecule has 0 atom stereocenters. The normalized spacial score (nSPS) is 16.2. The minimum Gasteiger partial charge on any atom is -0.361 e. The predicted molar refractivity (Wildman–Crippen MR) is 60.5 cm³/mol. The highest BCUT2D eigenvalue weighted by Gasteiger charge is 2.08. The van der Waals surface area contributed by atoms with Crippen molar-refractivity contribution < 1.29 is 0 Å². The van der Waals surface area contributed by atoms with Gasteiger partial charge < -0.3 is 9.80 Å². The quantitative estimate of drug-likeness (QED) is 0.502. The van der Waals surface area contributed by atoms with Crippen LogP contribution < -0.4 is 0 Å². The Bertz CT molecular complexity index is 96.3. The number of nitrogens with zero attached hydrogens (tertiary/aromatic N) is 2. The molecule has 1 heterocycles. The summed E-state index contributed by atoms with van der Waals surface area (Å²) in [4.78, 5) is 4.31. The van der Waals surface area contributed by atoms with Crippen molar-refractivity contribution in [3.8, 4) is 0 Å². The Balaban J connectivity index is 0. The Morgan fingerprint density at radius 3 is 1.62 bits per heavy atom. The van der Waals surface area contributed by atoms with Gasteiger partial charge in [-0.3, -0.25) is 5.41 Å². The number of likely N-dealkylation sites (N-methyl/N-ethyl adjacent to an activating group) is 1. The molecule has 1 N–H and O–H groups in total. The number of piperazine rings is 1. The first-order valence-corrected chi connectivity index (χ1v) is 5.26. The summed E-state index contributed by atoms with van der Waals surface area (Å²) in [5, 5.41) is 6.95. The molecular formula is C10H25N3. The topological polar surface area (TPSA) is 30.3 Å². The molecule has 1 rings (SSSR count). The Labute approximate surface area is 83.2 Å². The molecule has 1 fully saturated rings. The summed E-state index contributed by atoms with van der Waals surface area (Å²) < 4.78 is 0. The molecule has 0 aromatic rings. The van der Waals surface area contributed by atoms with Crippen LogP contribution in [0.15, 0.2) is 0 Å². The van der Waals surface area contributed by atoms with E-state index in [-0.39, 0.29) is 0 Å². The van der Waals surface area contributed by atoms with Gasteiger partial charge in [-0.2, -0.15) is 0 Å². The predicted octanol–water partition coefficient (Wildman–Crippen LogP) is 1.89. The average molecular weight is 187 g/mol. The average Bonchev–Trinajstić information content (AvgIpc) is 2.25. The lowest BCUT2D eigenvalue weighted by Crippen LogP contribution is -2.43. The molecule has 0 unspecified atom stereocenters. The van der Waals surface area contributed by atoms with Crippen LogP contribution in [0.25, 0.3) is 0 Å². The second-order valence-corrected chi connectivity index (χ2v) is 2.47. The summed E-state index contributed by atoms with van der Waals surface area (Å²) in [5.41, 5.74) is 0. The number of rotatable bonds is 1. The highest BCUT2D eigenvalue weighted by molar-refractivity contribution is 5.50. The lowest BCUT2D eigenvalue weighted by molar-refractivity contribution is 0.219. The molecule has 1 aliphatic heterocycles. The van der Waals surface area contributed by atoms with E-state index in [0.717, 1.165) is 26.2 Å². The zero-order chi connectivity index (χ0) is 10.7. The van der Waals surface area contributed by atoms with Gasteiger partial charge in [0, 0.05) is 26.2 Å². The standard InChI is InChI=1S/C6H13N3.2C2H6/c1-8-2-4-9(6-7)5-3-8;2*1-2/h6-7H,2-5H2,1H3;2*1-2H3. The molecule has 3 nitrogen and oxygen atoms in total. The molecule has 0 aliphatic carbocycles. The van der Waals surface area contributed by atoms with Crippen LogP contribution in [0.1, 0.15) is 27.7 Å². The van der Waals surface area contributed by atoms with E-state index in [1.807, 2.05) is 32.6 Å². The van der Waals surface area contributed by atoms with Crippen molar-refractivity contribution in [2.75, 3.05) is 33.2 Å². The number of hydrogen-bond donors (Lipinski definition) is 1. The van der Waals surface area contributed by atoms with Crippen molar-refractivity contribution in [2.24, 2.45) is 0 Å². The lowest BCUT2D eigenvalue weighted by Gasteiger charge is -2.30. The van der Waals surface area contributed by atoms with Gasteiger partial charge in [-0.15, -0.1) is 0 Å². The zero-order valence-corrected chi connectivity index (χ0v) is 9.80. The maximum absolute atomic E-state index is 6.95. The highest BCUT2D eigenvalue weighted by atomic mass is 15.2. The summed E-state index contributed by atoms with van der Waals surface area (Å²) in [5.74, 6) is 0. The first kappa shape index (κ1) is 14.9. The molecule has 1 saturated heterocycles. The van der Waals surface area contributed by atoms with E-state index in [2.05, 4.69) is 11.9 Å².